The maximum Gasteiger partial charge on any atom is 0.243 e. The number of rotatable bonds is 6. The Labute approximate surface area is 150 Å². The number of amides is 2. The molecule has 9 heteroatoms. The quantitative estimate of drug-likeness (QED) is 0.329. The van der Waals surface area contributed by atoms with Gasteiger partial charge in [-0.15, -0.1) is 0 Å². The molecule has 2 rings (SSSR count). The third-order valence-corrected chi connectivity index (χ3v) is 4.19. The Bertz CT molecular complexity index is 612. The van der Waals surface area contributed by atoms with Gasteiger partial charge in [0.05, 0.1) is 6.61 Å². The van der Waals surface area contributed by atoms with Crippen molar-refractivity contribution in [2.45, 2.75) is 50.0 Å². The highest BCUT2D eigenvalue weighted by Gasteiger charge is 2.44. The third-order valence-electron chi connectivity index (χ3n) is 4.19. The predicted octanol–water partition coefficient (Wildman–Crippen LogP) is -2.35. The molecular formula is C17H24N2O7. The van der Waals surface area contributed by atoms with Crippen LogP contribution in [0, 0.1) is 0 Å². The number of carbonyl (C=O) groups is 2. The van der Waals surface area contributed by atoms with Crippen molar-refractivity contribution in [2.24, 2.45) is 0 Å². The zero-order valence-corrected chi connectivity index (χ0v) is 14.3. The van der Waals surface area contributed by atoms with Gasteiger partial charge >= 0.3 is 0 Å². The lowest BCUT2D eigenvalue weighted by molar-refractivity contribution is -0.254. The van der Waals surface area contributed by atoms with E-state index in [-0.39, 0.29) is 6.42 Å². The van der Waals surface area contributed by atoms with Crippen molar-refractivity contribution in [1.82, 2.24) is 10.6 Å². The van der Waals surface area contributed by atoms with Crippen LogP contribution in [0.5, 0.6) is 0 Å². The van der Waals surface area contributed by atoms with Crippen LogP contribution in [0.4, 0.5) is 0 Å². The molecule has 0 spiro atoms. The summed E-state index contributed by atoms with van der Waals surface area (Å²) in [6, 6.07) is 6.75. The zero-order chi connectivity index (χ0) is 19.3. The van der Waals surface area contributed by atoms with E-state index in [1.165, 1.54) is 6.92 Å². The van der Waals surface area contributed by atoms with E-state index in [1.807, 2.05) is 6.07 Å². The van der Waals surface area contributed by atoms with Gasteiger partial charge in [0.15, 0.2) is 6.29 Å². The fraction of sp³-hybridized carbons (Fsp3) is 0.529. The van der Waals surface area contributed by atoms with Crippen molar-refractivity contribution in [2.75, 3.05) is 6.61 Å². The maximum atomic E-state index is 12.6. The first kappa shape index (κ1) is 20.3. The van der Waals surface area contributed by atoms with E-state index >= 15 is 0 Å². The Morgan fingerprint density at radius 2 is 1.81 bits per heavy atom. The van der Waals surface area contributed by atoms with Gasteiger partial charge in [0.2, 0.25) is 11.8 Å². The molecule has 1 heterocycles. The van der Waals surface area contributed by atoms with Gasteiger partial charge in [-0.2, -0.15) is 0 Å². The molecule has 1 aliphatic heterocycles. The monoisotopic (exact) mass is 368 g/mol. The number of aliphatic hydroxyl groups excluding tert-OH is 4. The first-order valence-corrected chi connectivity index (χ1v) is 8.25. The number of benzene rings is 1. The molecule has 6 N–H and O–H groups in total. The molecule has 0 radical (unpaired) electrons. The van der Waals surface area contributed by atoms with Gasteiger partial charge in [-0.3, -0.25) is 9.59 Å². The third kappa shape index (κ3) is 4.99. The number of ether oxygens (including phenoxy) is 1. The summed E-state index contributed by atoms with van der Waals surface area (Å²) in [4.78, 5) is 24.0. The topological polar surface area (TPSA) is 148 Å². The molecule has 1 aromatic rings. The van der Waals surface area contributed by atoms with Gasteiger partial charge in [0.1, 0.15) is 30.4 Å². The van der Waals surface area contributed by atoms with Gasteiger partial charge < -0.3 is 35.8 Å². The van der Waals surface area contributed by atoms with Crippen LogP contribution in [0.1, 0.15) is 12.5 Å². The minimum atomic E-state index is -1.62. The molecule has 0 bridgehead atoms. The Hall–Kier alpha value is -2.04. The number of hydrogen-bond acceptors (Lipinski definition) is 7. The van der Waals surface area contributed by atoms with Crippen molar-refractivity contribution < 1.29 is 34.8 Å². The smallest absolute Gasteiger partial charge is 0.243 e. The van der Waals surface area contributed by atoms with E-state index in [0.717, 1.165) is 5.56 Å². The number of carbonyl (C=O) groups excluding carboxylic acids is 2. The Balaban J connectivity index is 2.09. The van der Waals surface area contributed by atoms with Gasteiger partial charge in [0.25, 0.3) is 0 Å². The molecule has 1 saturated heterocycles. The summed E-state index contributed by atoms with van der Waals surface area (Å²) >= 11 is 0. The number of hydrogen-bond donors (Lipinski definition) is 6. The van der Waals surface area contributed by atoms with E-state index in [0.29, 0.717) is 0 Å². The Morgan fingerprint density at radius 3 is 2.38 bits per heavy atom. The standard InChI is InChI=1S/C17H24N2O7/c1-9(21)18-11(7-10-5-3-2-4-6-10)16(24)19-13-15(23)14(22)12(8-20)26-17(13)25/h2-6,11-15,17,20,22-23,25H,7-8H2,1H3,(H,18,21)(H,19,24)/t11-,12-,13-,14-,15-,17-/m1/s1. The largest absolute Gasteiger partial charge is 0.394 e. The second-order valence-corrected chi connectivity index (χ2v) is 6.21. The van der Waals surface area contributed by atoms with Crippen molar-refractivity contribution >= 4 is 11.8 Å². The molecule has 0 saturated carbocycles. The van der Waals surface area contributed by atoms with E-state index in [9.17, 15) is 24.9 Å². The summed E-state index contributed by atoms with van der Waals surface area (Å²) in [5, 5.41) is 43.9. The van der Waals surface area contributed by atoms with Gasteiger partial charge in [-0.25, -0.2) is 0 Å². The summed E-state index contributed by atoms with van der Waals surface area (Å²) in [5.41, 5.74) is 0.808. The normalized spacial score (nSPS) is 29.7. The van der Waals surface area contributed by atoms with Crippen molar-refractivity contribution in [1.29, 1.82) is 0 Å². The second kappa shape index (κ2) is 9.06. The molecule has 144 valence electrons. The minimum absolute atomic E-state index is 0.202. The summed E-state index contributed by atoms with van der Waals surface area (Å²) < 4.78 is 5.00. The van der Waals surface area contributed by atoms with E-state index < -0.39 is 55.1 Å². The van der Waals surface area contributed by atoms with Crippen molar-refractivity contribution in [3.63, 3.8) is 0 Å². The van der Waals surface area contributed by atoms with Gasteiger partial charge in [0, 0.05) is 13.3 Å². The highest BCUT2D eigenvalue weighted by molar-refractivity contribution is 5.87. The van der Waals surface area contributed by atoms with Crippen LogP contribution in [0.2, 0.25) is 0 Å². The predicted molar refractivity (Wildman–Crippen MR) is 89.7 cm³/mol. The molecule has 26 heavy (non-hydrogen) atoms. The van der Waals surface area contributed by atoms with Crippen LogP contribution >= 0.6 is 0 Å². The fourth-order valence-corrected chi connectivity index (χ4v) is 2.82. The van der Waals surface area contributed by atoms with Crippen LogP contribution in [-0.4, -0.2) is 75.5 Å². The lowest BCUT2D eigenvalue weighted by Crippen LogP contribution is -2.65. The Kier molecular flexibility index (Phi) is 7.06. The highest BCUT2D eigenvalue weighted by atomic mass is 16.6. The van der Waals surface area contributed by atoms with Crippen molar-refractivity contribution in [3.8, 4) is 0 Å². The average Bonchev–Trinajstić information content (AvgIpc) is 2.61. The van der Waals surface area contributed by atoms with E-state index in [4.69, 9.17) is 9.84 Å². The number of nitrogens with one attached hydrogen (secondary N) is 2. The molecule has 0 unspecified atom stereocenters. The number of aliphatic hydroxyl groups is 4. The molecular weight excluding hydrogens is 344 g/mol. The van der Waals surface area contributed by atoms with E-state index in [2.05, 4.69) is 10.6 Å². The molecule has 0 aliphatic carbocycles. The van der Waals surface area contributed by atoms with Crippen LogP contribution in [0.3, 0.4) is 0 Å². The van der Waals surface area contributed by atoms with E-state index in [1.54, 1.807) is 24.3 Å². The molecule has 9 nitrogen and oxygen atoms in total. The molecule has 6 atom stereocenters. The Morgan fingerprint density at radius 1 is 1.15 bits per heavy atom. The minimum Gasteiger partial charge on any atom is -0.394 e. The molecule has 1 aromatic carbocycles. The van der Waals surface area contributed by atoms with Crippen molar-refractivity contribution in [3.05, 3.63) is 35.9 Å². The summed E-state index contributed by atoms with van der Waals surface area (Å²) in [7, 11) is 0. The van der Waals surface area contributed by atoms with Crippen LogP contribution in [0.25, 0.3) is 0 Å². The molecule has 1 aliphatic rings. The fourth-order valence-electron chi connectivity index (χ4n) is 2.82. The summed E-state index contributed by atoms with van der Waals surface area (Å²) in [5.74, 6) is -1.06. The first-order chi connectivity index (χ1) is 12.3. The highest BCUT2D eigenvalue weighted by Crippen LogP contribution is 2.20. The SMILES string of the molecule is CC(=O)N[C@H](Cc1ccccc1)C(=O)N[C@@H]1[C@@H](O)[C@H](O)[C@@H](CO)O[C@H]1O. The van der Waals surface area contributed by atoms with Crippen LogP contribution < -0.4 is 10.6 Å². The van der Waals surface area contributed by atoms with Gasteiger partial charge in [-0.05, 0) is 5.56 Å². The molecule has 1 fully saturated rings. The lowest BCUT2D eigenvalue weighted by atomic mass is 9.96. The maximum absolute atomic E-state index is 12.6. The summed E-state index contributed by atoms with van der Waals surface area (Å²) in [6.45, 7) is 0.673. The molecule has 2 amide bonds. The average molecular weight is 368 g/mol. The van der Waals surface area contributed by atoms with Gasteiger partial charge in [-0.1, -0.05) is 30.3 Å². The van der Waals surface area contributed by atoms with Crippen LogP contribution in [0.15, 0.2) is 30.3 Å². The second-order valence-electron chi connectivity index (χ2n) is 6.21. The lowest BCUT2D eigenvalue weighted by Gasteiger charge is -2.40. The zero-order valence-electron chi connectivity index (χ0n) is 14.3. The first-order valence-electron chi connectivity index (χ1n) is 8.25. The summed E-state index contributed by atoms with van der Waals surface area (Å²) in [6.07, 6.45) is -5.61. The van der Waals surface area contributed by atoms with Crippen LogP contribution in [-0.2, 0) is 20.7 Å². The molecule has 0 aromatic heterocycles.